The Bertz CT molecular complexity index is 645. The monoisotopic (exact) mass is 213 g/mol. The normalized spacial score (nSPS) is 10.8. The smallest absolute Gasteiger partial charge is 0.168 e. The third-order valence-electron chi connectivity index (χ3n) is 2.40. The first-order valence-corrected chi connectivity index (χ1v) is 4.90. The van der Waals surface area contributed by atoms with Crippen LogP contribution in [0.5, 0.6) is 0 Å². The van der Waals surface area contributed by atoms with Crippen molar-refractivity contribution in [2.75, 3.05) is 0 Å². The highest BCUT2D eigenvalue weighted by molar-refractivity contribution is 5.59. The summed E-state index contributed by atoms with van der Waals surface area (Å²) in [6.45, 7) is 0. The van der Waals surface area contributed by atoms with Gasteiger partial charge < -0.3 is 0 Å². The second-order valence-electron chi connectivity index (χ2n) is 3.46. The van der Waals surface area contributed by atoms with E-state index in [4.69, 9.17) is 0 Å². The van der Waals surface area contributed by atoms with Crippen molar-refractivity contribution in [3.63, 3.8) is 0 Å². The Labute approximate surface area is 91.2 Å². The van der Waals surface area contributed by atoms with E-state index in [1.54, 1.807) is 6.07 Å². The number of benzene rings is 1. The Kier molecular flexibility index (Phi) is 1.93. The zero-order valence-corrected chi connectivity index (χ0v) is 8.34. The second kappa shape index (κ2) is 3.41. The van der Waals surface area contributed by atoms with Crippen LogP contribution < -0.4 is 0 Å². The fraction of sp³-hybridized carbons (Fsp3) is 0. The minimum atomic E-state index is -0.273. The van der Waals surface area contributed by atoms with Crippen LogP contribution in [-0.4, -0.2) is 14.6 Å². The van der Waals surface area contributed by atoms with Gasteiger partial charge in [0.05, 0.1) is 0 Å². The van der Waals surface area contributed by atoms with E-state index in [1.165, 1.54) is 12.1 Å². The molecule has 4 heteroatoms. The molecule has 0 amide bonds. The molecular weight excluding hydrogens is 205 g/mol. The van der Waals surface area contributed by atoms with Gasteiger partial charge in [-0.15, -0.1) is 10.2 Å². The topological polar surface area (TPSA) is 30.2 Å². The van der Waals surface area contributed by atoms with Crippen molar-refractivity contribution in [2.45, 2.75) is 0 Å². The molecule has 3 nitrogen and oxygen atoms in total. The van der Waals surface area contributed by atoms with E-state index >= 15 is 0 Å². The van der Waals surface area contributed by atoms with Crippen molar-refractivity contribution >= 4 is 5.65 Å². The van der Waals surface area contributed by atoms with Crippen molar-refractivity contribution in [2.24, 2.45) is 0 Å². The molecule has 0 atom stereocenters. The molecule has 2 aromatic heterocycles. The van der Waals surface area contributed by atoms with Gasteiger partial charge in [-0.2, -0.15) is 0 Å². The Hall–Kier alpha value is -2.23. The van der Waals surface area contributed by atoms with Gasteiger partial charge in [0.25, 0.3) is 0 Å². The molecule has 0 aliphatic rings. The number of nitrogens with zero attached hydrogens (tertiary/aromatic N) is 3. The van der Waals surface area contributed by atoms with Crippen LogP contribution in [0.1, 0.15) is 0 Å². The summed E-state index contributed by atoms with van der Waals surface area (Å²) in [5.74, 6) is 0.375. The lowest BCUT2D eigenvalue weighted by Crippen LogP contribution is -1.88. The first-order valence-electron chi connectivity index (χ1n) is 4.90. The first-order chi connectivity index (χ1) is 7.84. The SMILES string of the molecule is Fc1cccc(-c2nnc3ccccn23)c1. The molecule has 0 aliphatic carbocycles. The Morgan fingerprint density at radius 2 is 1.94 bits per heavy atom. The molecule has 0 bridgehead atoms. The van der Waals surface area contributed by atoms with Crippen molar-refractivity contribution in [3.05, 3.63) is 54.5 Å². The molecule has 3 rings (SSSR count). The highest BCUT2D eigenvalue weighted by Crippen LogP contribution is 2.18. The van der Waals surface area contributed by atoms with Crippen molar-refractivity contribution in [1.82, 2.24) is 14.6 Å². The molecule has 16 heavy (non-hydrogen) atoms. The summed E-state index contributed by atoms with van der Waals surface area (Å²) in [6, 6.07) is 12.0. The predicted molar refractivity (Wildman–Crippen MR) is 58.4 cm³/mol. The third-order valence-corrected chi connectivity index (χ3v) is 2.40. The van der Waals surface area contributed by atoms with Crippen LogP contribution in [0.25, 0.3) is 17.0 Å². The summed E-state index contributed by atoms with van der Waals surface area (Å²) in [5, 5.41) is 8.07. The summed E-state index contributed by atoms with van der Waals surface area (Å²) in [7, 11) is 0. The highest BCUT2D eigenvalue weighted by Gasteiger charge is 2.07. The molecule has 2 heterocycles. The standard InChI is InChI=1S/C12H8FN3/c13-10-5-3-4-9(8-10)12-15-14-11-6-1-2-7-16(11)12/h1-8H. The lowest BCUT2D eigenvalue weighted by molar-refractivity contribution is 0.628. The summed E-state index contributed by atoms with van der Waals surface area (Å²) >= 11 is 0. The van der Waals surface area contributed by atoms with Gasteiger partial charge in [-0.3, -0.25) is 4.40 Å². The van der Waals surface area contributed by atoms with Crippen LogP contribution in [0, 0.1) is 5.82 Å². The van der Waals surface area contributed by atoms with Gasteiger partial charge in [0.15, 0.2) is 11.5 Å². The van der Waals surface area contributed by atoms with Gasteiger partial charge >= 0.3 is 0 Å². The zero-order chi connectivity index (χ0) is 11.0. The molecule has 0 saturated carbocycles. The number of hydrogen-bond acceptors (Lipinski definition) is 2. The Morgan fingerprint density at radius 3 is 2.81 bits per heavy atom. The van der Waals surface area contributed by atoms with E-state index in [0.29, 0.717) is 5.82 Å². The van der Waals surface area contributed by atoms with E-state index in [1.807, 2.05) is 34.9 Å². The number of pyridine rings is 1. The predicted octanol–water partition coefficient (Wildman–Crippen LogP) is 2.54. The molecule has 0 unspecified atom stereocenters. The molecular formula is C12H8FN3. The van der Waals surface area contributed by atoms with Crippen LogP contribution in [-0.2, 0) is 0 Å². The summed E-state index contributed by atoms with van der Waals surface area (Å²) in [4.78, 5) is 0. The lowest BCUT2D eigenvalue weighted by atomic mass is 10.2. The van der Waals surface area contributed by atoms with Crippen LogP contribution in [0.3, 0.4) is 0 Å². The van der Waals surface area contributed by atoms with Crippen LogP contribution in [0.2, 0.25) is 0 Å². The van der Waals surface area contributed by atoms with E-state index in [-0.39, 0.29) is 5.82 Å². The molecule has 0 spiro atoms. The maximum Gasteiger partial charge on any atom is 0.168 e. The number of fused-ring (bicyclic) bond motifs is 1. The molecule has 78 valence electrons. The molecule has 0 N–H and O–H groups in total. The molecule has 0 aliphatic heterocycles. The van der Waals surface area contributed by atoms with Gasteiger partial charge in [-0.25, -0.2) is 4.39 Å². The van der Waals surface area contributed by atoms with Gasteiger partial charge in [-0.1, -0.05) is 18.2 Å². The fourth-order valence-electron chi connectivity index (χ4n) is 1.67. The average molecular weight is 213 g/mol. The third kappa shape index (κ3) is 1.35. The maximum atomic E-state index is 13.1. The first kappa shape index (κ1) is 9.03. The van der Waals surface area contributed by atoms with Gasteiger partial charge in [0.2, 0.25) is 0 Å². The molecule has 1 aromatic carbocycles. The van der Waals surface area contributed by atoms with E-state index < -0.39 is 0 Å². The minimum Gasteiger partial charge on any atom is -0.282 e. The molecule has 0 radical (unpaired) electrons. The van der Waals surface area contributed by atoms with Crippen molar-refractivity contribution < 1.29 is 4.39 Å². The summed E-state index contributed by atoms with van der Waals surface area (Å²) in [6.07, 6.45) is 1.86. The van der Waals surface area contributed by atoms with Gasteiger partial charge in [0, 0.05) is 11.8 Å². The molecule has 0 saturated heterocycles. The van der Waals surface area contributed by atoms with Crippen LogP contribution >= 0.6 is 0 Å². The molecule has 3 aromatic rings. The molecule has 0 fully saturated rings. The highest BCUT2D eigenvalue weighted by atomic mass is 19.1. The number of aromatic nitrogens is 3. The van der Waals surface area contributed by atoms with Crippen molar-refractivity contribution in [1.29, 1.82) is 0 Å². The Balaban J connectivity index is 2.26. The minimum absolute atomic E-state index is 0.273. The van der Waals surface area contributed by atoms with E-state index in [0.717, 1.165) is 11.2 Å². The van der Waals surface area contributed by atoms with Gasteiger partial charge in [-0.05, 0) is 24.3 Å². The lowest BCUT2D eigenvalue weighted by Gasteiger charge is -1.99. The summed E-state index contributed by atoms with van der Waals surface area (Å²) in [5.41, 5.74) is 1.47. The summed E-state index contributed by atoms with van der Waals surface area (Å²) < 4.78 is 14.9. The number of rotatable bonds is 1. The second-order valence-corrected chi connectivity index (χ2v) is 3.46. The maximum absolute atomic E-state index is 13.1. The van der Waals surface area contributed by atoms with E-state index in [2.05, 4.69) is 10.2 Å². The fourth-order valence-corrected chi connectivity index (χ4v) is 1.67. The van der Waals surface area contributed by atoms with Crippen LogP contribution in [0.15, 0.2) is 48.7 Å². The zero-order valence-electron chi connectivity index (χ0n) is 8.34. The van der Waals surface area contributed by atoms with Gasteiger partial charge in [0.1, 0.15) is 5.82 Å². The van der Waals surface area contributed by atoms with Crippen LogP contribution in [0.4, 0.5) is 4.39 Å². The largest absolute Gasteiger partial charge is 0.282 e. The quantitative estimate of drug-likeness (QED) is 0.621. The average Bonchev–Trinajstić information content (AvgIpc) is 2.72. The number of halogens is 1. The number of hydrogen-bond donors (Lipinski definition) is 0. The van der Waals surface area contributed by atoms with Crippen molar-refractivity contribution in [3.8, 4) is 11.4 Å². The Morgan fingerprint density at radius 1 is 1.00 bits per heavy atom. The van der Waals surface area contributed by atoms with E-state index in [9.17, 15) is 4.39 Å².